The summed E-state index contributed by atoms with van der Waals surface area (Å²) in [6.45, 7) is 2.27. The summed E-state index contributed by atoms with van der Waals surface area (Å²) in [5.74, 6) is 0. The highest BCUT2D eigenvalue weighted by molar-refractivity contribution is 5.49. The minimum atomic E-state index is -0.261. The fourth-order valence-corrected chi connectivity index (χ4v) is 2.63. The van der Waals surface area contributed by atoms with Crippen molar-refractivity contribution < 1.29 is 9.90 Å². The van der Waals surface area contributed by atoms with Crippen LogP contribution in [0.25, 0.3) is 0 Å². The molecule has 2 nitrogen and oxygen atoms in total. The van der Waals surface area contributed by atoms with E-state index in [1.807, 2.05) is 0 Å². The Morgan fingerprint density at radius 2 is 1.20 bits per heavy atom. The molecule has 0 aromatic heterocycles. The van der Waals surface area contributed by atoms with Gasteiger partial charge in [0.05, 0.1) is 6.10 Å². The molecule has 0 aliphatic heterocycles. The number of hydrogen-bond acceptors (Lipinski definition) is 2. The number of carbonyl (C=O) groups is 1. The molecule has 20 heavy (non-hydrogen) atoms. The van der Waals surface area contributed by atoms with Crippen molar-refractivity contribution in [3.63, 3.8) is 0 Å². The lowest BCUT2D eigenvalue weighted by molar-refractivity contribution is -0.108. The second-order valence-electron chi connectivity index (χ2n) is 6.08. The van der Waals surface area contributed by atoms with Gasteiger partial charge >= 0.3 is 0 Å². The van der Waals surface area contributed by atoms with Crippen LogP contribution in [-0.4, -0.2) is 17.5 Å². The Bertz CT molecular complexity index is 192. The van der Waals surface area contributed by atoms with Crippen LogP contribution in [0, 0.1) is 0 Å². The van der Waals surface area contributed by atoms with Gasteiger partial charge in [-0.15, -0.1) is 0 Å². The number of hydrogen-bond donors (Lipinski definition) is 1. The Balaban J connectivity index is 3.04. The third-order valence-corrected chi connectivity index (χ3v) is 4.01. The van der Waals surface area contributed by atoms with Gasteiger partial charge in [0.1, 0.15) is 6.29 Å². The molecular formula is C18H36O2. The van der Waals surface area contributed by atoms with Gasteiger partial charge in [-0.2, -0.15) is 0 Å². The molecule has 0 aliphatic carbocycles. The Morgan fingerprint density at radius 1 is 0.750 bits per heavy atom. The quantitative estimate of drug-likeness (QED) is 0.303. The maximum atomic E-state index is 10.2. The van der Waals surface area contributed by atoms with Crippen molar-refractivity contribution in [2.45, 2.75) is 109 Å². The average Bonchev–Trinajstić information content (AvgIpc) is 2.46. The maximum Gasteiger partial charge on any atom is 0.120 e. The second-order valence-corrected chi connectivity index (χ2v) is 6.08. The van der Waals surface area contributed by atoms with Crippen molar-refractivity contribution in [2.24, 2.45) is 0 Å². The summed E-state index contributed by atoms with van der Waals surface area (Å²) in [5, 5.41) is 9.58. The van der Waals surface area contributed by atoms with E-state index in [0.29, 0.717) is 12.8 Å². The van der Waals surface area contributed by atoms with Crippen LogP contribution < -0.4 is 0 Å². The zero-order valence-electron chi connectivity index (χ0n) is 13.6. The van der Waals surface area contributed by atoms with Crippen LogP contribution in [0.5, 0.6) is 0 Å². The number of carbonyl (C=O) groups excluding carboxylic acids is 1. The number of aldehydes is 1. The van der Waals surface area contributed by atoms with Gasteiger partial charge in [-0.25, -0.2) is 0 Å². The molecule has 1 unspecified atom stereocenters. The molecule has 0 aromatic carbocycles. The van der Waals surface area contributed by atoms with Crippen LogP contribution in [0.15, 0.2) is 0 Å². The van der Waals surface area contributed by atoms with E-state index in [0.717, 1.165) is 19.1 Å². The average molecular weight is 284 g/mol. The summed E-state index contributed by atoms with van der Waals surface area (Å²) in [5.41, 5.74) is 0. The van der Waals surface area contributed by atoms with Gasteiger partial charge in [-0.3, -0.25) is 0 Å². The monoisotopic (exact) mass is 284 g/mol. The molecule has 0 bridgehead atoms. The first-order valence-electron chi connectivity index (χ1n) is 8.93. The fourth-order valence-electron chi connectivity index (χ4n) is 2.63. The molecular weight excluding hydrogens is 248 g/mol. The topological polar surface area (TPSA) is 37.3 Å². The third-order valence-electron chi connectivity index (χ3n) is 4.01. The number of unbranched alkanes of at least 4 members (excludes halogenated alkanes) is 11. The van der Waals surface area contributed by atoms with Crippen molar-refractivity contribution in [1.29, 1.82) is 0 Å². The molecule has 1 N–H and O–H groups in total. The van der Waals surface area contributed by atoms with E-state index in [-0.39, 0.29) is 6.10 Å². The van der Waals surface area contributed by atoms with Gasteiger partial charge in [0.25, 0.3) is 0 Å². The van der Waals surface area contributed by atoms with Gasteiger partial charge in [0.2, 0.25) is 0 Å². The summed E-state index contributed by atoms with van der Waals surface area (Å²) in [4.78, 5) is 10.2. The lowest BCUT2D eigenvalue weighted by Crippen LogP contribution is -2.06. The van der Waals surface area contributed by atoms with Crippen molar-refractivity contribution in [3.05, 3.63) is 0 Å². The molecule has 2 heteroatoms. The second kappa shape index (κ2) is 16.7. The van der Waals surface area contributed by atoms with Gasteiger partial charge in [0.15, 0.2) is 0 Å². The molecule has 0 fully saturated rings. The molecule has 0 heterocycles. The van der Waals surface area contributed by atoms with Crippen LogP contribution in [0.4, 0.5) is 0 Å². The largest absolute Gasteiger partial charge is 0.393 e. The Labute approximate surface area is 126 Å². The number of aliphatic hydroxyl groups is 1. The van der Waals surface area contributed by atoms with Gasteiger partial charge in [-0.1, -0.05) is 84.0 Å². The standard InChI is InChI=1S/C18H36O2/c1-2-3-4-5-6-7-8-9-10-11-12-13-15-18(20)16-14-17-19/h17-18,20H,2-16H2,1H3. The fraction of sp³-hybridized carbons (Fsp3) is 0.944. The molecule has 0 spiro atoms. The van der Waals surface area contributed by atoms with Crippen molar-refractivity contribution in [3.8, 4) is 0 Å². The third kappa shape index (κ3) is 15.7. The molecule has 0 aliphatic rings. The zero-order valence-corrected chi connectivity index (χ0v) is 13.6. The zero-order chi connectivity index (χ0) is 14.9. The van der Waals surface area contributed by atoms with Crippen molar-refractivity contribution >= 4 is 6.29 Å². The Morgan fingerprint density at radius 3 is 1.65 bits per heavy atom. The van der Waals surface area contributed by atoms with E-state index in [2.05, 4.69) is 6.92 Å². The first kappa shape index (κ1) is 19.6. The maximum absolute atomic E-state index is 10.2. The predicted molar refractivity (Wildman–Crippen MR) is 87.0 cm³/mol. The molecule has 0 radical (unpaired) electrons. The SMILES string of the molecule is CCCCCCCCCCCCCCC(O)CCC=O. The molecule has 0 saturated heterocycles. The summed E-state index contributed by atoms with van der Waals surface area (Å²) < 4.78 is 0. The molecule has 0 saturated carbocycles. The molecule has 0 aromatic rings. The summed E-state index contributed by atoms with van der Waals surface area (Å²) in [6, 6.07) is 0. The summed E-state index contributed by atoms with van der Waals surface area (Å²) >= 11 is 0. The van der Waals surface area contributed by atoms with Crippen LogP contribution >= 0.6 is 0 Å². The van der Waals surface area contributed by atoms with E-state index in [1.165, 1.54) is 70.6 Å². The lowest BCUT2D eigenvalue weighted by atomic mass is 10.0. The van der Waals surface area contributed by atoms with Crippen LogP contribution in [0.1, 0.15) is 103 Å². The predicted octanol–water partition coefficient (Wildman–Crippen LogP) is 5.42. The number of aliphatic hydroxyl groups excluding tert-OH is 1. The van der Waals surface area contributed by atoms with E-state index in [4.69, 9.17) is 0 Å². The normalized spacial score (nSPS) is 12.5. The smallest absolute Gasteiger partial charge is 0.120 e. The molecule has 0 rings (SSSR count). The minimum Gasteiger partial charge on any atom is -0.393 e. The van der Waals surface area contributed by atoms with E-state index in [1.54, 1.807) is 0 Å². The van der Waals surface area contributed by atoms with E-state index >= 15 is 0 Å². The summed E-state index contributed by atoms with van der Waals surface area (Å²) in [6.07, 6.45) is 18.8. The first-order chi connectivity index (χ1) is 9.81. The highest BCUT2D eigenvalue weighted by atomic mass is 16.3. The Hall–Kier alpha value is -0.370. The first-order valence-corrected chi connectivity index (χ1v) is 8.93. The van der Waals surface area contributed by atoms with E-state index in [9.17, 15) is 9.90 Å². The van der Waals surface area contributed by atoms with Crippen LogP contribution in [0.3, 0.4) is 0 Å². The van der Waals surface area contributed by atoms with E-state index < -0.39 is 0 Å². The summed E-state index contributed by atoms with van der Waals surface area (Å²) in [7, 11) is 0. The van der Waals surface area contributed by atoms with Crippen LogP contribution in [-0.2, 0) is 4.79 Å². The molecule has 1 atom stereocenters. The van der Waals surface area contributed by atoms with Crippen molar-refractivity contribution in [2.75, 3.05) is 0 Å². The van der Waals surface area contributed by atoms with Crippen molar-refractivity contribution in [1.82, 2.24) is 0 Å². The van der Waals surface area contributed by atoms with Gasteiger partial charge < -0.3 is 9.90 Å². The van der Waals surface area contributed by atoms with Gasteiger partial charge in [-0.05, 0) is 12.8 Å². The lowest BCUT2D eigenvalue weighted by Gasteiger charge is -2.08. The molecule has 120 valence electrons. The number of rotatable bonds is 16. The molecule has 0 amide bonds. The van der Waals surface area contributed by atoms with Crippen LogP contribution in [0.2, 0.25) is 0 Å². The highest BCUT2D eigenvalue weighted by Gasteiger charge is 2.02. The minimum absolute atomic E-state index is 0.261. The highest BCUT2D eigenvalue weighted by Crippen LogP contribution is 2.13. The Kier molecular flexibility index (Phi) is 16.4. The van der Waals surface area contributed by atoms with Gasteiger partial charge in [0, 0.05) is 6.42 Å².